The molecule has 1 aromatic heterocycles. The van der Waals surface area contributed by atoms with E-state index in [9.17, 15) is 0 Å². The molecule has 0 spiro atoms. The van der Waals surface area contributed by atoms with Crippen LogP contribution in [0, 0.1) is 0 Å². The molecule has 1 heterocycles. The summed E-state index contributed by atoms with van der Waals surface area (Å²) < 4.78 is 0. The lowest BCUT2D eigenvalue weighted by Crippen LogP contribution is -2.19. The summed E-state index contributed by atoms with van der Waals surface area (Å²) in [6.45, 7) is 11.1. The number of thiazole rings is 1. The first-order valence-electron chi connectivity index (χ1n) is 6.73. The van der Waals surface area contributed by atoms with Crippen molar-refractivity contribution in [2.45, 2.75) is 64.8 Å². The van der Waals surface area contributed by atoms with Crippen molar-refractivity contribution < 1.29 is 0 Å². The molecule has 0 unspecified atom stereocenters. The van der Waals surface area contributed by atoms with E-state index in [4.69, 9.17) is 4.98 Å². The smallest absolute Gasteiger partial charge is 0.0962 e. The van der Waals surface area contributed by atoms with E-state index in [1.54, 1.807) is 0 Å². The van der Waals surface area contributed by atoms with Crippen LogP contribution in [0.5, 0.6) is 0 Å². The van der Waals surface area contributed by atoms with Crippen LogP contribution in [0.3, 0.4) is 0 Å². The van der Waals surface area contributed by atoms with Gasteiger partial charge in [-0.05, 0) is 25.8 Å². The first-order valence-corrected chi connectivity index (χ1v) is 7.54. The van der Waals surface area contributed by atoms with Crippen molar-refractivity contribution in [3.05, 3.63) is 15.6 Å². The van der Waals surface area contributed by atoms with Gasteiger partial charge in [0.1, 0.15) is 0 Å². The number of nitrogens with one attached hydrogen (secondary N) is 1. The van der Waals surface area contributed by atoms with E-state index in [2.05, 4.69) is 33.0 Å². The molecule has 0 bridgehead atoms. The maximum Gasteiger partial charge on any atom is 0.0962 e. The summed E-state index contributed by atoms with van der Waals surface area (Å²) in [5.41, 5.74) is 1.49. The topological polar surface area (TPSA) is 24.9 Å². The van der Waals surface area contributed by atoms with Crippen LogP contribution in [0.15, 0.2) is 0 Å². The van der Waals surface area contributed by atoms with Crippen molar-refractivity contribution >= 4 is 11.3 Å². The van der Waals surface area contributed by atoms with Gasteiger partial charge in [0, 0.05) is 22.8 Å². The van der Waals surface area contributed by atoms with Gasteiger partial charge >= 0.3 is 0 Å². The predicted octanol–water partition coefficient (Wildman–Crippen LogP) is 3.82. The summed E-state index contributed by atoms with van der Waals surface area (Å²) in [7, 11) is 0. The Labute approximate surface area is 109 Å². The molecule has 0 radical (unpaired) electrons. The van der Waals surface area contributed by atoms with Gasteiger partial charge in [0.05, 0.1) is 10.7 Å². The second-order valence-corrected chi connectivity index (χ2v) is 7.14. The standard InChI is InChI=1S/C14H24N2S/c1-5-8-15-9-11-12(14(2,3)4)16-13(17-11)10-6-7-10/h10,15H,5-9H2,1-4H3. The van der Waals surface area contributed by atoms with E-state index in [0.717, 1.165) is 19.0 Å². The van der Waals surface area contributed by atoms with Crippen LogP contribution in [0.1, 0.15) is 68.5 Å². The molecule has 0 aromatic carbocycles. The second-order valence-electron chi connectivity index (χ2n) is 6.02. The van der Waals surface area contributed by atoms with Gasteiger partial charge in [-0.15, -0.1) is 11.3 Å². The Morgan fingerprint density at radius 1 is 1.35 bits per heavy atom. The fourth-order valence-corrected chi connectivity index (χ4v) is 3.37. The predicted molar refractivity (Wildman–Crippen MR) is 74.8 cm³/mol. The van der Waals surface area contributed by atoms with E-state index >= 15 is 0 Å². The maximum absolute atomic E-state index is 4.90. The molecule has 1 saturated carbocycles. The third-order valence-corrected chi connectivity index (χ3v) is 4.28. The fourth-order valence-electron chi connectivity index (χ4n) is 1.96. The highest BCUT2D eigenvalue weighted by Gasteiger charge is 2.30. The highest BCUT2D eigenvalue weighted by Crippen LogP contribution is 2.44. The van der Waals surface area contributed by atoms with Crippen molar-refractivity contribution in [3.63, 3.8) is 0 Å². The largest absolute Gasteiger partial charge is 0.312 e. The van der Waals surface area contributed by atoms with Crippen LogP contribution in [0.4, 0.5) is 0 Å². The molecule has 0 saturated heterocycles. The lowest BCUT2D eigenvalue weighted by molar-refractivity contribution is 0.557. The zero-order valence-corrected chi connectivity index (χ0v) is 12.3. The molecule has 2 nitrogen and oxygen atoms in total. The number of hydrogen-bond donors (Lipinski definition) is 1. The first kappa shape index (κ1) is 13.0. The molecular formula is C14H24N2S. The Kier molecular flexibility index (Phi) is 3.88. The molecule has 1 aliphatic carbocycles. The van der Waals surface area contributed by atoms with Gasteiger partial charge in [0.2, 0.25) is 0 Å². The average molecular weight is 252 g/mol. The Hall–Kier alpha value is -0.410. The lowest BCUT2D eigenvalue weighted by atomic mass is 9.91. The Balaban J connectivity index is 2.15. The summed E-state index contributed by atoms with van der Waals surface area (Å²) in [6.07, 6.45) is 3.89. The van der Waals surface area contributed by atoms with Crippen molar-refractivity contribution in [1.29, 1.82) is 0 Å². The van der Waals surface area contributed by atoms with Gasteiger partial charge in [-0.2, -0.15) is 0 Å². The maximum atomic E-state index is 4.90. The van der Waals surface area contributed by atoms with Crippen LogP contribution in [0.2, 0.25) is 0 Å². The Bertz CT molecular complexity index is 372. The third kappa shape index (κ3) is 3.29. The number of nitrogens with zero attached hydrogens (tertiary/aromatic N) is 1. The van der Waals surface area contributed by atoms with Gasteiger partial charge < -0.3 is 5.32 Å². The molecule has 1 N–H and O–H groups in total. The highest BCUT2D eigenvalue weighted by molar-refractivity contribution is 7.11. The van der Waals surface area contributed by atoms with Crippen LogP contribution >= 0.6 is 11.3 Å². The van der Waals surface area contributed by atoms with Gasteiger partial charge in [-0.1, -0.05) is 27.7 Å². The molecule has 2 rings (SSSR count). The minimum atomic E-state index is 0.173. The highest BCUT2D eigenvalue weighted by atomic mass is 32.1. The van der Waals surface area contributed by atoms with Crippen molar-refractivity contribution in [3.8, 4) is 0 Å². The number of rotatable bonds is 5. The van der Waals surface area contributed by atoms with Gasteiger partial charge in [-0.25, -0.2) is 4.98 Å². The SMILES string of the molecule is CCCNCc1sc(C2CC2)nc1C(C)(C)C. The van der Waals surface area contributed by atoms with E-state index in [1.807, 2.05) is 11.3 Å². The zero-order chi connectivity index (χ0) is 12.5. The van der Waals surface area contributed by atoms with Crippen molar-refractivity contribution in [1.82, 2.24) is 10.3 Å². The molecule has 1 fully saturated rings. The molecule has 0 aliphatic heterocycles. The van der Waals surface area contributed by atoms with Crippen LogP contribution in [-0.2, 0) is 12.0 Å². The third-order valence-electron chi connectivity index (χ3n) is 3.06. The molecule has 0 atom stereocenters. The van der Waals surface area contributed by atoms with E-state index in [0.29, 0.717) is 0 Å². The minimum Gasteiger partial charge on any atom is -0.312 e. The van der Waals surface area contributed by atoms with Crippen LogP contribution < -0.4 is 5.32 Å². The summed E-state index contributed by atoms with van der Waals surface area (Å²) in [5, 5.41) is 4.88. The van der Waals surface area contributed by atoms with Gasteiger partial charge in [0.15, 0.2) is 0 Å². The quantitative estimate of drug-likeness (QED) is 0.806. The summed E-state index contributed by atoms with van der Waals surface area (Å²) >= 11 is 1.93. The number of hydrogen-bond acceptors (Lipinski definition) is 3. The molecular weight excluding hydrogens is 228 g/mol. The summed E-state index contributed by atoms with van der Waals surface area (Å²) in [5.74, 6) is 0.779. The van der Waals surface area contributed by atoms with E-state index < -0.39 is 0 Å². The molecule has 17 heavy (non-hydrogen) atoms. The molecule has 3 heteroatoms. The zero-order valence-electron chi connectivity index (χ0n) is 11.5. The van der Waals surface area contributed by atoms with Crippen LogP contribution in [-0.4, -0.2) is 11.5 Å². The van der Waals surface area contributed by atoms with E-state index in [-0.39, 0.29) is 5.41 Å². The Morgan fingerprint density at radius 2 is 2.06 bits per heavy atom. The van der Waals surface area contributed by atoms with Crippen molar-refractivity contribution in [2.24, 2.45) is 0 Å². The van der Waals surface area contributed by atoms with Gasteiger partial charge in [-0.3, -0.25) is 0 Å². The van der Waals surface area contributed by atoms with Crippen LogP contribution in [0.25, 0.3) is 0 Å². The molecule has 96 valence electrons. The lowest BCUT2D eigenvalue weighted by Gasteiger charge is -2.17. The monoisotopic (exact) mass is 252 g/mol. The summed E-state index contributed by atoms with van der Waals surface area (Å²) in [6, 6.07) is 0. The van der Waals surface area contributed by atoms with Crippen molar-refractivity contribution in [2.75, 3.05) is 6.54 Å². The Morgan fingerprint density at radius 3 is 2.59 bits per heavy atom. The summed E-state index contributed by atoms with van der Waals surface area (Å²) in [4.78, 5) is 6.35. The average Bonchev–Trinajstić information content (AvgIpc) is 2.99. The second kappa shape index (κ2) is 5.07. The van der Waals surface area contributed by atoms with Gasteiger partial charge in [0.25, 0.3) is 0 Å². The minimum absolute atomic E-state index is 0.173. The molecule has 1 aromatic rings. The first-order chi connectivity index (χ1) is 8.02. The fraction of sp³-hybridized carbons (Fsp3) is 0.786. The van der Waals surface area contributed by atoms with E-state index in [1.165, 1.54) is 34.8 Å². The molecule has 0 amide bonds. The molecule has 1 aliphatic rings. The normalized spacial score (nSPS) is 16.5. The number of aromatic nitrogens is 1.